The molecule has 0 fully saturated rings. The predicted octanol–water partition coefficient (Wildman–Crippen LogP) is 5.38. The number of fused-ring (bicyclic) bond motifs is 1. The standard InChI is InChI=1S/C21H23NO/c1-14-10-15(2)12-16(11-14)13-19-17-8-6-7-9-18(17)20(23-19)22-21(3,4)5/h6-13H,1-5H3/b19-13-,22-20?. The van der Waals surface area contributed by atoms with Gasteiger partial charge >= 0.3 is 0 Å². The molecule has 23 heavy (non-hydrogen) atoms. The van der Waals surface area contributed by atoms with Crippen LogP contribution in [0.15, 0.2) is 47.5 Å². The molecule has 0 radical (unpaired) electrons. The number of benzene rings is 2. The fourth-order valence-corrected chi connectivity index (χ4v) is 2.84. The molecular weight excluding hydrogens is 282 g/mol. The van der Waals surface area contributed by atoms with E-state index in [9.17, 15) is 0 Å². The van der Waals surface area contributed by atoms with E-state index in [1.807, 2.05) is 12.1 Å². The second-order valence-corrected chi connectivity index (χ2v) is 7.17. The summed E-state index contributed by atoms with van der Waals surface area (Å²) in [4.78, 5) is 4.73. The number of hydrogen-bond acceptors (Lipinski definition) is 2. The first kappa shape index (κ1) is 15.5. The number of aryl methyl sites for hydroxylation is 2. The summed E-state index contributed by atoms with van der Waals surface area (Å²) in [6.07, 6.45) is 2.10. The number of aliphatic imine (C=N–C) groups is 1. The van der Waals surface area contributed by atoms with Crippen LogP contribution in [0.1, 0.15) is 48.6 Å². The van der Waals surface area contributed by atoms with Crippen LogP contribution < -0.4 is 0 Å². The second-order valence-electron chi connectivity index (χ2n) is 7.17. The Hall–Kier alpha value is -2.35. The average molecular weight is 305 g/mol. The van der Waals surface area contributed by atoms with Gasteiger partial charge in [-0.05, 0) is 52.3 Å². The van der Waals surface area contributed by atoms with Crippen molar-refractivity contribution in [3.63, 3.8) is 0 Å². The van der Waals surface area contributed by atoms with Gasteiger partial charge in [-0.2, -0.15) is 0 Å². The summed E-state index contributed by atoms with van der Waals surface area (Å²) in [6.45, 7) is 10.5. The molecule has 0 spiro atoms. The average Bonchev–Trinajstić information content (AvgIpc) is 2.74. The maximum absolute atomic E-state index is 6.10. The number of rotatable bonds is 1. The molecule has 0 aromatic heterocycles. The lowest BCUT2D eigenvalue weighted by Gasteiger charge is -2.13. The summed E-state index contributed by atoms with van der Waals surface area (Å²) < 4.78 is 6.10. The lowest BCUT2D eigenvalue weighted by molar-refractivity contribution is 0.495. The Morgan fingerprint density at radius 2 is 1.52 bits per heavy atom. The van der Waals surface area contributed by atoms with Gasteiger partial charge in [0.15, 0.2) is 0 Å². The summed E-state index contributed by atoms with van der Waals surface area (Å²) in [6, 6.07) is 14.8. The molecule has 1 aliphatic rings. The first-order valence-electron chi connectivity index (χ1n) is 7.99. The summed E-state index contributed by atoms with van der Waals surface area (Å²) >= 11 is 0. The summed E-state index contributed by atoms with van der Waals surface area (Å²) in [5.41, 5.74) is 5.67. The molecule has 1 heterocycles. The van der Waals surface area contributed by atoms with Crippen LogP contribution in [0.3, 0.4) is 0 Å². The van der Waals surface area contributed by atoms with Gasteiger partial charge in [-0.1, -0.05) is 47.5 Å². The zero-order valence-electron chi connectivity index (χ0n) is 14.5. The zero-order chi connectivity index (χ0) is 16.6. The molecule has 0 saturated heterocycles. The van der Waals surface area contributed by atoms with E-state index < -0.39 is 0 Å². The van der Waals surface area contributed by atoms with Crippen molar-refractivity contribution in [2.75, 3.05) is 0 Å². The fourth-order valence-electron chi connectivity index (χ4n) is 2.84. The number of ether oxygens (including phenoxy) is 1. The van der Waals surface area contributed by atoms with Crippen LogP contribution in [0, 0.1) is 13.8 Å². The van der Waals surface area contributed by atoms with Gasteiger partial charge in [0.1, 0.15) is 5.76 Å². The Balaban J connectivity index is 2.08. The highest BCUT2D eigenvalue weighted by Crippen LogP contribution is 2.33. The van der Waals surface area contributed by atoms with Gasteiger partial charge in [0, 0.05) is 11.1 Å². The molecule has 0 amide bonds. The number of hydrogen-bond donors (Lipinski definition) is 0. The van der Waals surface area contributed by atoms with Crippen LogP contribution in [0.25, 0.3) is 11.8 Å². The molecule has 0 N–H and O–H groups in total. The van der Waals surface area contributed by atoms with Crippen LogP contribution in [-0.2, 0) is 4.74 Å². The van der Waals surface area contributed by atoms with E-state index in [2.05, 4.69) is 71.0 Å². The highest BCUT2D eigenvalue weighted by atomic mass is 16.5. The number of nitrogens with zero attached hydrogens (tertiary/aromatic N) is 1. The SMILES string of the molecule is Cc1cc(C)cc(/C=C2\OC(=NC(C)(C)C)c3ccccc32)c1. The van der Waals surface area contributed by atoms with Crippen molar-refractivity contribution in [1.82, 2.24) is 0 Å². The Kier molecular flexibility index (Phi) is 3.85. The molecular formula is C21H23NO. The van der Waals surface area contributed by atoms with Gasteiger partial charge in [-0.3, -0.25) is 0 Å². The molecule has 2 aromatic rings. The summed E-state index contributed by atoms with van der Waals surface area (Å²) in [5, 5.41) is 0. The molecule has 0 bridgehead atoms. The minimum atomic E-state index is -0.169. The molecule has 0 unspecified atom stereocenters. The van der Waals surface area contributed by atoms with Crippen molar-refractivity contribution in [2.24, 2.45) is 4.99 Å². The third-order valence-electron chi connectivity index (χ3n) is 3.61. The molecule has 0 saturated carbocycles. The van der Waals surface area contributed by atoms with E-state index >= 15 is 0 Å². The van der Waals surface area contributed by atoms with Crippen LogP contribution in [0.5, 0.6) is 0 Å². The third kappa shape index (κ3) is 3.53. The molecule has 0 aliphatic carbocycles. The van der Waals surface area contributed by atoms with Crippen molar-refractivity contribution in [3.05, 3.63) is 70.3 Å². The van der Waals surface area contributed by atoms with Crippen LogP contribution >= 0.6 is 0 Å². The quantitative estimate of drug-likeness (QED) is 0.693. The minimum absolute atomic E-state index is 0.169. The molecule has 0 atom stereocenters. The van der Waals surface area contributed by atoms with E-state index in [0.29, 0.717) is 5.90 Å². The van der Waals surface area contributed by atoms with Gasteiger partial charge in [-0.15, -0.1) is 0 Å². The van der Waals surface area contributed by atoms with Crippen molar-refractivity contribution in [3.8, 4) is 0 Å². The lowest BCUT2D eigenvalue weighted by Crippen LogP contribution is -2.14. The smallest absolute Gasteiger partial charge is 0.223 e. The Morgan fingerprint density at radius 1 is 0.913 bits per heavy atom. The molecule has 3 rings (SSSR count). The molecule has 118 valence electrons. The van der Waals surface area contributed by atoms with Crippen LogP contribution in [0.2, 0.25) is 0 Å². The van der Waals surface area contributed by atoms with Gasteiger partial charge in [0.25, 0.3) is 0 Å². The second kappa shape index (κ2) is 5.69. The molecule has 2 heteroatoms. The summed E-state index contributed by atoms with van der Waals surface area (Å²) in [5.74, 6) is 1.58. The molecule has 2 nitrogen and oxygen atoms in total. The monoisotopic (exact) mass is 305 g/mol. The van der Waals surface area contributed by atoms with Crippen molar-refractivity contribution < 1.29 is 4.74 Å². The maximum atomic E-state index is 6.10. The molecule has 1 aliphatic heterocycles. The van der Waals surface area contributed by atoms with E-state index in [-0.39, 0.29) is 5.54 Å². The first-order chi connectivity index (χ1) is 10.8. The fraction of sp³-hybridized carbons (Fsp3) is 0.286. The largest absolute Gasteiger partial charge is 0.438 e. The Bertz CT molecular complexity index is 787. The predicted molar refractivity (Wildman–Crippen MR) is 97.6 cm³/mol. The van der Waals surface area contributed by atoms with Gasteiger partial charge in [0.2, 0.25) is 5.90 Å². The van der Waals surface area contributed by atoms with Gasteiger partial charge in [0.05, 0.1) is 5.54 Å². The first-order valence-corrected chi connectivity index (χ1v) is 7.99. The Morgan fingerprint density at radius 3 is 2.13 bits per heavy atom. The maximum Gasteiger partial charge on any atom is 0.223 e. The Labute approximate surface area is 138 Å². The van der Waals surface area contributed by atoms with Crippen LogP contribution in [0.4, 0.5) is 0 Å². The minimum Gasteiger partial charge on any atom is -0.438 e. The molecule has 2 aromatic carbocycles. The van der Waals surface area contributed by atoms with E-state index in [0.717, 1.165) is 22.4 Å². The van der Waals surface area contributed by atoms with Crippen LogP contribution in [-0.4, -0.2) is 11.4 Å². The van der Waals surface area contributed by atoms with Gasteiger partial charge < -0.3 is 4.74 Å². The van der Waals surface area contributed by atoms with Crippen molar-refractivity contribution >= 4 is 17.7 Å². The van der Waals surface area contributed by atoms with Crippen molar-refractivity contribution in [2.45, 2.75) is 40.2 Å². The normalized spacial score (nSPS) is 17.4. The van der Waals surface area contributed by atoms with E-state index in [1.165, 1.54) is 11.1 Å². The topological polar surface area (TPSA) is 21.6 Å². The summed E-state index contributed by atoms with van der Waals surface area (Å²) in [7, 11) is 0. The van der Waals surface area contributed by atoms with E-state index in [4.69, 9.17) is 9.73 Å². The van der Waals surface area contributed by atoms with Gasteiger partial charge in [-0.25, -0.2) is 4.99 Å². The zero-order valence-corrected chi connectivity index (χ0v) is 14.5. The van der Waals surface area contributed by atoms with Crippen molar-refractivity contribution in [1.29, 1.82) is 0 Å². The van der Waals surface area contributed by atoms with E-state index in [1.54, 1.807) is 0 Å². The lowest BCUT2D eigenvalue weighted by atomic mass is 10.0. The third-order valence-corrected chi connectivity index (χ3v) is 3.61. The highest BCUT2D eigenvalue weighted by molar-refractivity contribution is 6.08. The highest BCUT2D eigenvalue weighted by Gasteiger charge is 2.26.